The van der Waals surface area contributed by atoms with Crippen molar-refractivity contribution in [3.8, 4) is 0 Å². The zero-order valence-corrected chi connectivity index (χ0v) is 21.7. The number of piperazine rings is 1. The van der Waals surface area contributed by atoms with E-state index in [-0.39, 0.29) is 22.9 Å². The zero-order chi connectivity index (χ0) is 24.7. The van der Waals surface area contributed by atoms with Crippen LogP contribution in [0.3, 0.4) is 0 Å². The van der Waals surface area contributed by atoms with E-state index in [9.17, 15) is 4.39 Å². The number of rotatable bonds is 5. The first-order chi connectivity index (χ1) is 15.9. The Hall–Kier alpha value is -2.23. The van der Waals surface area contributed by atoms with Gasteiger partial charge in [-0.1, -0.05) is 11.6 Å². The van der Waals surface area contributed by atoms with E-state index >= 15 is 0 Å². The highest BCUT2D eigenvalue weighted by atomic mass is 35.5. The number of likely N-dealkylation sites (N-methyl/N-ethyl adjacent to an activating group) is 1. The van der Waals surface area contributed by atoms with E-state index in [1.807, 2.05) is 6.07 Å². The summed E-state index contributed by atoms with van der Waals surface area (Å²) in [7, 11) is 4.26. The van der Waals surface area contributed by atoms with Gasteiger partial charge in [0.1, 0.15) is 5.82 Å². The van der Waals surface area contributed by atoms with E-state index in [1.165, 1.54) is 6.20 Å². The summed E-state index contributed by atoms with van der Waals surface area (Å²) in [4.78, 5) is 20.0. The average Bonchev–Trinajstić information content (AvgIpc) is 2.75. The largest absolute Gasteiger partial charge is 0.365 e. The Balaban J connectivity index is 1.47. The predicted octanol–water partition coefficient (Wildman–Crippen LogP) is 4.22. The van der Waals surface area contributed by atoms with Crippen molar-refractivity contribution in [3.05, 3.63) is 29.3 Å². The third-order valence-corrected chi connectivity index (χ3v) is 7.55. The summed E-state index contributed by atoms with van der Waals surface area (Å²) in [6.45, 7) is 12.6. The number of hydrogen-bond donors (Lipinski definition) is 2. The number of hydrogen-bond acceptors (Lipinski definition) is 8. The Morgan fingerprint density at radius 2 is 1.65 bits per heavy atom. The highest BCUT2D eigenvalue weighted by Crippen LogP contribution is 2.38. The Morgan fingerprint density at radius 1 is 1.00 bits per heavy atom. The highest BCUT2D eigenvalue weighted by molar-refractivity contribution is 6.33. The SMILES string of the molecule is CN1CCN(c2ncc(Nc3ncc(F)c(NC4CC(C)(C)N(C)C(C)(C)C4)n3)cc2Cl)CC1. The smallest absolute Gasteiger partial charge is 0.229 e. The van der Waals surface area contributed by atoms with E-state index in [4.69, 9.17) is 11.6 Å². The first kappa shape index (κ1) is 24.9. The van der Waals surface area contributed by atoms with Crippen molar-refractivity contribution in [3.63, 3.8) is 0 Å². The molecule has 8 nitrogen and oxygen atoms in total. The fourth-order valence-electron chi connectivity index (χ4n) is 5.07. The molecule has 2 N–H and O–H groups in total. The van der Waals surface area contributed by atoms with Crippen molar-refractivity contribution in [1.82, 2.24) is 24.8 Å². The van der Waals surface area contributed by atoms with Gasteiger partial charge in [-0.05, 0) is 60.7 Å². The minimum Gasteiger partial charge on any atom is -0.365 e. The number of aromatic nitrogens is 3. The number of halogens is 2. The minimum atomic E-state index is -0.471. The lowest BCUT2D eigenvalue weighted by atomic mass is 9.77. The number of nitrogens with zero attached hydrogens (tertiary/aromatic N) is 6. The van der Waals surface area contributed by atoms with Crippen LogP contribution in [0.2, 0.25) is 5.02 Å². The Kier molecular flexibility index (Phi) is 6.90. The third kappa shape index (κ3) is 5.37. The maximum Gasteiger partial charge on any atom is 0.229 e. The molecule has 10 heteroatoms. The molecule has 2 aliphatic rings. The highest BCUT2D eigenvalue weighted by Gasteiger charge is 2.43. The Morgan fingerprint density at radius 3 is 2.26 bits per heavy atom. The lowest BCUT2D eigenvalue weighted by Crippen LogP contribution is -2.61. The normalized spacial score (nSPS) is 21.5. The summed E-state index contributed by atoms with van der Waals surface area (Å²) in [6.07, 6.45) is 4.66. The summed E-state index contributed by atoms with van der Waals surface area (Å²) >= 11 is 6.54. The molecule has 4 rings (SSSR count). The van der Waals surface area contributed by atoms with Gasteiger partial charge in [-0.15, -0.1) is 0 Å². The number of piperidine rings is 1. The first-order valence-electron chi connectivity index (χ1n) is 11.8. The van der Waals surface area contributed by atoms with Crippen molar-refractivity contribution < 1.29 is 4.39 Å². The molecule has 2 aromatic rings. The monoisotopic (exact) mass is 490 g/mol. The molecule has 2 fully saturated rings. The summed E-state index contributed by atoms with van der Waals surface area (Å²) < 4.78 is 14.6. The molecule has 0 amide bonds. The quantitative estimate of drug-likeness (QED) is 0.645. The van der Waals surface area contributed by atoms with Crippen molar-refractivity contribution >= 4 is 34.9 Å². The molecule has 0 saturated carbocycles. The summed E-state index contributed by atoms with van der Waals surface area (Å²) in [5.41, 5.74) is 0.623. The second-order valence-corrected chi connectivity index (χ2v) is 11.2. The summed E-state index contributed by atoms with van der Waals surface area (Å²) in [6, 6.07) is 1.90. The molecule has 0 unspecified atom stereocenters. The lowest BCUT2D eigenvalue weighted by Gasteiger charge is -2.53. The van der Waals surface area contributed by atoms with Gasteiger partial charge in [0.25, 0.3) is 0 Å². The number of anilines is 4. The van der Waals surface area contributed by atoms with E-state index in [1.54, 1.807) is 6.20 Å². The summed E-state index contributed by atoms with van der Waals surface area (Å²) in [5.74, 6) is 0.796. The van der Waals surface area contributed by atoms with Crippen LogP contribution >= 0.6 is 11.6 Å². The number of nitrogens with one attached hydrogen (secondary N) is 2. The van der Waals surface area contributed by atoms with Crippen LogP contribution in [0.4, 0.5) is 27.7 Å². The molecule has 0 aliphatic carbocycles. The Bertz CT molecular complexity index is 1000. The van der Waals surface area contributed by atoms with Crippen LogP contribution in [-0.2, 0) is 0 Å². The topological polar surface area (TPSA) is 72.5 Å². The Labute approximate surface area is 206 Å². The molecular weight excluding hydrogens is 455 g/mol. The van der Waals surface area contributed by atoms with Crippen LogP contribution in [0.25, 0.3) is 0 Å². The zero-order valence-electron chi connectivity index (χ0n) is 21.0. The molecule has 34 heavy (non-hydrogen) atoms. The molecule has 4 heterocycles. The molecule has 186 valence electrons. The third-order valence-electron chi connectivity index (χ3n) is 7.27. The molecule has 0 atom stereocenters. The molecule has 2 saturated heterocycles. The van der Waals surface area contributed by atoms with Crippen LogP contribution in [0.15, 0.2) is 18.5 Å². The first-order valence-corrected chi connectivity index (χ1v) is 12.2. The molecule has 0 radical (unpaired) electrons. The lowest BCUT2D eigenvalue weighted by molar-refractivity contribution is -0.00778. The van der Waals surface area contributed by atoms with Gasteiger partial charge < -0.3 is 20.4 Å². The minimum absolute atomic E-state index is 0.0159. The maximum absolute atomic E-state index is 14.6. The average molecular weight is 491 g/mol. The van der Waals surface area contributed by atoms with E-state index in [0.717, 1.165) is 44.8 Å². The van der Waals surface area contributed by atoms with Gasteiger partial charge in [-0.25, -0.2) is 14.4 Å². The van der Waals surface area contributed by atoms with Crippen molar-refractivity contribution in [2.45, 2.75) is 57.7 Å². The van der Waals surface area contributed by atoms with Gasteiger partial charge in [0.05, 0.1) is 23.1 Å². The summed E-state index contributed by atoms with van der Waals surface area (Å²) in [5, 5.41) is 7.01. The van der Waals surface area contributed by atoms with Gasteiger partial charge in [0, 0.05) is 43.3 Å². The molecule has 0 bridgehead atoms. The predicted molar refractivity (Wildman–Crippen MR) is 137 cm³/mol. The van der Waals surface area contributed by atoms with Gasteiger partial charge in [-0.3, -0.25) is 4.90 Å². The second-order valence-electron chi connectivity index (χ2n) is 10.8. The van der Waals surface area contributed by atoms with Crippen molar-refractivity contribution in [2.24, 2.45) is 0 Å². The van der Waals surface area contributed by atoms with Gasteiger partial charge in [0.2, 0.25) is 5.95 Å². The fraction of sp³-hybridized carbons (Fsp3) is 0.625. The number of likely N-dealkylation sites (tertiary alicyclic amines) is 1. The van der Waals surface area contributed by atoms with Crippen molar-refractivity contribution in [1.29, 1.82) is 0 Å². The molecule has 0 aromatic carbocycles. The standard InChI is InChI=1S/C24H36ClFN8/c1-23(2)12-17(13-24(3,4)33(23)6)29-20-19(26)15-28-22(31-20)30-16-11-18(25)21(27-14-16)34-9-7-32(5)8-10-34/h11,14-15,17H,7-10,12-13H2,1-6H3,(H2,28,29,30,31). The van der Waals surface area contributed by atoms with E-state index < -0.39 is 5.82 Å². The van der Waals surface area contributed by atoms with Crippen LogP contribution in [0.1, 0.15) is 40.5 Å². The molecule has 2 aliphatic heterocycles. The van der Waals surface area contributed by atoms with Gasteiger partial charge in [0.15, 0.2) is 11.6 Å². The van der Waals surface area contributed by atoms with Gasteiger partial charge >= 0.3 is 0 Å². The second kappa shape index (κ2) is 9.43. The van der Waals surface area contributed by atoms with E-state index in [2.05, 4.69) is 82.1 Å². The van der Waals surface area contributed by atoms with E-state index in [0.29, 0.717) is 16.7 Å². The fourth-order valence-corrected chi connectivity index (χ4v) is 5.36. The molecule has 0 spiro atoms. The molecular formula is C24H36ClFN8. The molecule has 2 aromatic heterocycles. The maximum atomic E-state index is 14.6. The van der Waals surface area contributed by atoms with Crippen LogP contribution in [-0.4, -0.2) is 82.1 Å². The van der Waals surface area contributed by atoms with Gasteiger partial charge in [-0.2, -0.15) is 4.98 Å². The van der Waals surface area contributed by atoms with Crippen molar-refractivity contribution in [2.75, 3.05) is 55.8 Å². The number of pyridine rings is 1. The van der Waals surface area contributed by atoms with Crippen LogP contribution in [0, 0.1) is 5.82 Å². The van der Waals surface area contributed by atoms with Crippen LogP contribution in [0.5, 0.6) is 0 Å². The van der Waals surface area contributed by atoms with Crippen LogP contribution < -0.4 is 15.5 Å².